The zero-order valence-corrected chi connectivity index (χ0v) is 17.3. The summed E-state index contributed by atoms with van der Waals surface area (Å²) in [5.41, 5.74) is -1.66. The summed E-state index contributed by atoms with van der Waals surface area (Å²) in [4.78, 5) is 38.9. The summed E-state index contributed by atoms with van der Waals surface area (Å²) in [6.45, 7) is 0. The van der Waals surface area contributed by atoms with Crippen LogP contribution in [0.4, 0.5) is 16.2 Å². The quantitative estimate of drug-likeness (QED) is 0.277. The molecule has 0 bridgehead atoms. The Morgan fingerprint density at radius 3 is 2.46 bits per heavy atom. The number of urea groups is 1. The number of anilines is 2. The van der Waals surface area contributed by atoms with Gasteiger partial charge in [-0.2, -0.15) is 0 Å². The Labute approximate surface area is 174 Å². The Kier molecular flexibility index (Phi) is 5.46. The number of hydrogen-bond donors (Lipinski definition) is 4. The van der Waals surface area contributed by atoms with E-state index in [0.717, 1.165) is 7.14 Å². The number of fused-ring (bicyclic) bond motifs is 1. The van der Waals surface area contributed by atoms with Crippen LogP contribution in [0.2, 0.25) is 0 Å². The third-order valence-corrected chi connectivity index (χ3v) is 6.38. The lowest BCUT2D eigenvalue weighted by Crippen LogP contribution is -2.30. The zero-order chi connectivity index (χ0) is 18.8. The number of carbonyl (C=O) groups is 1. The van der Waals surface area contributed by atoms with E-state index in [9.17, 15) is 19.5 Å². The van der Waals surface area contributed by atoms with Crippen molar-refractivity contribution in [3.8, 4) is 5.75 Å². The molecule has 2 amide bonds. The van der Waals surface area contributed by atoms with Crippen LogP contribution < -0.4 is 21.6 Å². The van der Waals surface area contributed by atoms with Gasteiger partial charge in [0.1, 0.15) is 5.69 Å². The van der Waals surface area contributed by atoms with Crippen LogP contribution in [0.25, 0.3) is 10.9 Å². The molecule has 132 valence electrons. The van der Waals surface area contributed by atoms with E-state index in [1.54, 1.807) is 30.3 Å². The second-order valence-electron chi connectivity index (χ2n) is 5.26. The molecule has 0 radical (unpaired) electrons. The van der Waals surface area contributed by atoms with Crippen molar-refractivity contribution in [3.63, 3.8) is 0 Å². The Morgan fingerprint density at radius 1 is 1.00 bits per heavy atom. The smallest absolute Gasteiger partial charge is 0.323 e. The van der Waals surface area contributed by atoms with Gasteiger partial charge < -0.3 is 20.7 Å². The predicted octanol–water partition coefficient (Wildman–Crippen LogP) is 3.45. The molecule has 4 N–H and O–H groups in total. The van der Waals surface area contributed by atoms with Crippen molar-refractivity contribution in [1.29, 1.82) is 0 Å². The molecule has 1 aromatic heterocycles. The highest BCUT2D eigenvalue weighted by Gasteiger charge is 2.15. The summed E-state index contributed by atoms with van der Waals surface area (Å²) in [5.74, 6) is -0.476. The van der Waals surface area contributed by atoms with Crippen LogP contribution in [0.15, 0.2) is 52.1 Å². The highest BCUT2D eigenvalue weighted by Crippen LogP contribution is 2.26. The first-order valence-electron chi connectivity index (χ1n) is 7.28. The number of rotatable bonds is 2. The molecule has 2 aromatic carbocycles. The Hall–Kier alpha value is -2.15. The van der Waals surface area contributed by atoms with Crippen molar-refractivity contribution in [2.24, 2.45) is 0 Å². The van der Waals surface area contributed by atoms with E-state index in [1.807, 2.05) is 6.07 Å². The monoisotopic (exact) mass is 575 g/mol. The van der Waals surface area contributed by atoms with Crippen LogP contribution in [0.3, 0.4) is 0 Å². The van der Waals surface area contributed by atoms with Gasteiger partial charge in [0, 0.05) is 18.2 Å². The molecule has 0 aliphatic heterocycles. The molecule has 0 atom stereocenters. The summed E-state index contributed by atoms with van der Waals surface area (Å²) >= 11 is 4.30. The van der Waals surface area contributed by atoms with Crippen LogP contribution >= 0.6 is 45.2 Å². The van der Waals surface area contributed by atoms with Crippen molar-refractivity contribution in [2.45, 2.75) is 0 Å². The van der Waals surface area contributed by atoms with Gasteiger partial charge in [0.15, 0.2) is 5.75 Å². The molecule has 3 rings (SSSR count). The van der Waals surface area contributed by atoms with Gasteiger partial charge in [0.25, 0.3) is 11.0 Å². The maximum atomic E-state index is 12.2. The third kappa shape index (κ3) is 3.82. The van der Waals surface area contributed by atoms with E-state index in [2.05, 4.69) is 60.8 Å². The Morgan fingerprint density at radius 2 is 1.73 bits per heavy atom. The second-order valence-corrected chi connectivity index (χ2v) is 7.58. The van der Waals surface area contributed by atoms with Gasteiger partial charge in [-0.1, -0.05) is 12.1 Å². The van der Waals surface area contributed by atoms with Crippen LogP contribution in [0, 0.1) is 7.14 Å². The fourth-order valence-corrected chi connectivity index (χ4v) is 3.15. The molecule has 0 spiro atoms. The third-order valence-electron chi connectivity index (χ3n) is 3.52. The molecule has 0 fully saturated rings. The van der Waals surface area contributed by atoms with Gasteiger partial charge in [-0.05, 0) is 75.5 Å². The highest BCUT2D eigenvalue weighted by molar-refractivity contribution is 14.1. The number of halogens is 2. The second kappa shape index (κ2) is 7.61. The maximum Gasteiger partial charge on any atom is 0.323 e. The number of H-pyrrole nitrogens is 1. The van der Waals surface area contributed by atoms with Gasteiger partial charge in [0.2, 0.25) is 0 Å². The first-order valence-corrected chi connectivity index (χ1v) is 9.44. The molecule has 7 nitrogen and oxygen atoms in total. The molecule has 0 aliphatic carbocycles. The summed E-state index contributed by atoms with van der Waals surface area (Å²) in [5, 5.41) is 15.5. The van der Waals surface area contributed by atoms with Crippen LogP contribution in [0.1, 0.15) is 0 Å². The van der Waals surface area contributed by atoms with Crippen molar-refractivity contribution < 1.29 is 9.90 Å². The van der Waals surface area contributed by atoms with Crippen molar-refractivity contribution in [3.05, 3.63) is 70.2 Å². The van der Waals surface area contributed by atoms with E-state index in [-0.39, 0.29) is 10.9 Å². The first-order chi connectivity index (χ1) is 12.4. The molecular formula is C17H11I2N3O4. The van der Waals surface area contributed by atoms with Gasteiger partial charge in [-0.3, -0.25) is 9.59 Å². The minimum atomic E-state index is -1.04. The highest BCUT2D eigenvalue weighted by atomic mass is 127. The SMILES string of the molecule is O=C(Nc1ccc(I)c(I)c1)Nc1c(O)c2ccccc2[nH]c(=O)c1=O. The Bertz CT molecular complexity index is 1140. The minimum absolute atomic E-state index is 0.241. The molecule has 26 heavy (non-hydrogen) atoms. The Balaban J connectivity index is 2.00. The number of benzene rings is 2. The number of carbonyl (C=O) groups excluding carboxylic acids is 1. The summed E-state index contributed by atoms with van der Waals surface area (Å²) in [7, 11) is 0. The standard InChI is InChI=1S/C17H11I2N3O4/c18-10-6-5-8(7-11(10)19)20-17(26)22-13-14(23)9-3-1-2-4-12(9)21-16(25)15(13)24/h1-7H,(H4,20,21,22,23,24,25,26). The number of aromatic amines is 1. The predicted molar refractivity (Wildman–Crippen MR) is 117 cm³/mol. The van der Waals surface area contributed by atoms with Gasteiger partial charge in [-0.25, -0.2) is 4.79 Å². The van der Waals surface area contributed by atoms with E-state index >= 15 is 0 Å². The van der Waals surface area contributed by atoms with E-state index < -0.39 is 28.5 Å². The van der Waals surface area contributed by atoms with Crippen molar-refractivity contribution in [2.75, 3.05) is 10.6 Å². The molecular weight excluding hydrogens is 564 g/mol. The zero-order valence-electron chi connectivity index (χ0n) is 13.0. The van der Waals surface area contributed by atoms with Gasteiger partial charge >= 0.3 is 6.03 Å². The number of para-hydroxylation sites is 1. The topological polar surface area (TPSA) is 111 Å². The van der Waals surface area contributed by atoms with Gasteiger partial charge in [0.05, 0.1) is 5.52 Å². The normalized spacial score (nSPS) is 10.5. The fraction of sp³-hybridized carbons (Fsp3) is 0. The summed E-state index contributed by atoms with van der Waals surface area (Å²) in [6.07, 6.45) is 0. The molecule has 0 aliphatic rings. The number of aromatic hydroxyl groups is 1. The molecule has 0 unspecified atom stereocenters. The lowest BCUT2D eigenvalue weighted by molar-refractivity contribution is 0.262. The van der Waals surface area contributed by atoms with Crippen molar-refractivity contribution in [1.82, 2.24) is 4.98 Å². The largest absolute Gasteiger partial charge is 0.505 e. The molecule has 9 heteroatoms. The molecule has 1 heterocycles. The number of aromatic nitrogens is 1. The van der Waals surface area contributed by atoms with E-state index in [0.29, 0.717) is 5.69 Å². The summed E-state index contributed by atoms with van der Waals surface area (Å²) < 4.78 is 1.98. The molecule has 0 saturated carbocycles. The number of hydrogen-bond acceptors (Lipinski definition) is 4. The van der Waals surface area contributed by atoms with Crippen LogP contribution in [-0.2, 0) is 0 Å². The molecule has 3 aromatic rings. The average Bonchev–Trinajstić information content (AvgIpc) is 2.69. The van der Waals surface area contributed by atoms with E-state index in [1.165, 1.54) is 6.07 Å². The van der Waals surface area contributed by atoms with Crippen molar-refractivity contribution >= 4 is 73.5 Å². The van der Waals surface area contributed by atoms with Crippen LogP contribution in [0.5, 0.6) is 5.75 Å². The average molecular weight is 575 g/mol. The number of amides is 2. The summed E-state index contributed by atoms with van der Waals surface area (Å²) in [6, 6.07) is 10.9. The molecule has 0 saturated heterocycles. The number of nitrogens with one attached hydrogen (secondary N) is 3. The minimum Gasteiger partial charge on any atom is -0.505 e. The lowest BCUT2D eigenvalue weighted by atomic mass is 10.2. The maximum absolute atomic E-state index is 12.2. The van der Waals surface area contributed by atoms with Gasteiger partial charge in [-0.15, -0.1) is 0 Å². The van der Waals surface area contributed by atoms with Crippen LogP contribution in [-0.4, -0.2) is 16.1 Å². The van der Waals surface area contributed by atoms with E-state index in [4.69, 9.17) is 0 Å². The fourth-order valence-electron chi connectivity index (χ4n) is 2.30. The first kappa shape index (κ1) is 18.6. The lowest BCUT2D eigenvalue weighted by Gasteiger charge is -2.08.